The van der Waals surface area contributed by atoms with E-state index < -0.39 is 29.1 Å². The van der Waals surface area contributed by atoms with Crippen LogP contribution < -0.4 is 10.6 Å². The topological polar surface area (TPSA) is 133 Å². The zero-order valence-corrected chi connectivity index (χ0v) is 18.2. The molecule has 0 spiro atoms. The molecular weight excluding hydrogens is 376 g/mol. The number of Topliss-reactive ketones (excluding diaryl/α,β-unsaturated/α-hetero) is 2. The van der Waals surface area contributed by atoms with Crippen LogP contribution >= 0.6 is 0 Å². The summed E-state index contributed by atoms with van der Waals surface area (Å²) in [7, 11) is 0. The lowest BCUT2D eigenvalue weighted by atomic mass is 9.82. The zero-order valence-electron chi connectivity index (χ0n) is 18.2. The SMILES string of the molecule is CC1=C(C)C(=O)C(CCC(C)(O)C(=O)NC(CNC(=O)O)C(C)(C)C)=C(C)C1=O. The van der Waals surface area contributed by atoms with Crippen molar-refractivity contribution in [2.45, 2.75) is 73.0 Å². The number of amides is 2. The molecule has 2 atom stereocenters. The lowest BCUT2D eigenvalue weighted by Crippen LogP contribution is -2.56. The fourth-order valence-electron chi connectivity index (χ4n) is 3.02. The van der Waals surface area contributed by atoms with Gasteiger partial charge in [0.25, 0.3) is 5.91 Å². The van der Waals surface area contributed by atoms with Crippen LogP contribution in [0, 0.1) is 5.41 Å². The molecule has 0 aromatic rings. The van der Waals surface area contributed by atoms with Gasteiger partial charge in [0.1, 0.15) is 5.60 Å². The summed E-state index contributed by atoms with van der Waals surface area (Å²) in [5.41, 5.74) is -0.808. The minimum absolute atomic E-state index is 0.0127. The van der Waals surface area contributed by atoms with Gasteiger partial charge in [-0.3, -0.25) is 14.4 Å². The first-order valence-electron chi connectivity index (χ1n) is 9.56. The minimum Gasteiger partial charge on any atom is -0.465 e. The Hall–Kier alpha value is -2.48. The third kappa shape index (κ3) is 6.00. The van der Waals surface area contributed by atoms with Crippen molar-refractivity contribution >= 4 is 23.6 Å². The van der Waals surface area contributed by atoms with Crippen molar-refractivity contribution in [3.05, 3.63) is 22.3 Å². The van der Waals surface area contributed by atoms with E-state index in [-0.39, 0.29) is 31.0 Å². The lowest BCUT2D eigenvalue weighted by Gasteiger charge is -2.34. The smallest absolute Gasteiger partial charge is 0.404 e. The molecule has 4 N–H and O–H groups in total. The summed E-state index contributed by atoms with van der Waals surface area (Å²) < 4.78 is 0. The fraction of sp³-hybridized carbons (Fsp3) is 0.619. The van der Waals surface area contributed by atoms with Crippen LogP contribution in [0.4, 0.5) is 4.79 Å². The van der Waals surface area contributed by atoms with Crippen molar-refractivity contribution in [3.63, 3.8) is 0 Å². The molecule has 0 saturated carbocycles. The van der Waals surface area contributed by atoms with Crippen molar-refractivity contribution in [1.29, 1.82) is 0 Å². The van der Waals surface area contributed by atoms with Crippen LogP contribution in [-0.2, 0) is 14.4 Å². The normalized spacial score (nSPS) is 18.5. The molecule has 0 saturated heterocycles. The largest absolute Gasteiger partial charge is 0.465 e. The van der Waals surface area contributed by atoms with E-state index in [1.54, 1.807) is 20.8 Å². The summed E-state index contributed by atoms with van der Waals surface area (Å²) in [5, 5.41) is 24.4. The molecule has 0 heterocycles. The monoisotopic (exact) mass is 408 g/mol. The maximum absolute atomic E-state index is 12.7. The number of nitrogens with one attached hydrogen (secondary N) is 2. The third-order valence-electron chi connectivity index (χ3n) is 5.47. The highest BCUT2D eigenvalue weighted by molar-refractivity contribution is 6.24. The van der Waals surface area contributed by atoms with Gasteiger partial charge >= 0.3 is 6.09 Å². The molecule has 2 amide bonds. The first-order valence-corrected chi connectivity index (χ1v) is 9.56. The first-order chi connectivity index (χ1) is 13.1. The van der Waals surface area contributed by atoms with Gasteiger partial charge in [0, 0.05) is 28.8 Å². The molecule has 0 aliphatic heterocycles. The van der Waals surface area contributed by atoms with Gasteiger partial charge in [0.2, 0.25) is 0 Å². The molecule has 8 nitrogen and oxygen atoms in total. The molecule has 1 rings (SSSR count). The Morgan fingerprint density at radius 1 is 0.966 bits per heavy atom. The standard InChI is InChI=1S/C21H32N2O6/c1-11-12(2)17(25)14(13(3)16(11)24)8-9-21(7,29)18(26)23-15(20(4,5)6)10-22-19(27)28/h15,22,29H,8-10H2,1-7H3,(H,23,26)(H,27,28). The van der Waals surface area contributed by atoms with Crippen LogP contribution in [0.5, 0.6) is 0 Å². The number of aliphatic hydroxyl groups is 1. The molecule has 29 heavy (non-hydrogen) atoms. The summed E-state index contributed by atoms with van der Waals surface area (Å²) in [6.45, 7) is 11.6. The summed E-state index contributed by atoms with van der Waals surface area (Å²) in [4.78, 5) is 48.2. The van der Waals surface area contributed by atoms with Crippen molar-refractivity contribution < 1.29 is 29.4 Å². The predicted molar refractivity (Wildman–Crippen MR) is 108 cm³/mol. The highest BCUT2D eigenvalue weighted by Gasteiger charge is 2.36. The van der Waals surface area contributed by atoms with Gasteiger partial charge in [-0.1, -0.05) is 20.8 Å². The average molecular weight is 408 g/mol. The number of allylic oxidation sites excluding steroid dienone is 4. The Kier molecular flexibility index (Phi) is 7.54. The molecule has 0 aromatic carbocycles. The van der Waals surface area contributed by atoms with Gasteiger partial charge < -0.3 is 20.8 Å². The Balaban J connectivity index is 2.91. The van der Waals surface area contributed by atoms with Gasteiger partial charge in [-0.15, -0.1) is 0 Å². The molecule has 0 bridgehead atoms. The number of rotatable bonds is 7. The molecule has 2 unspecified atom stereocenters. The van der Waals surface area contributed by atoms with Crippen LogP contribution in [-0.4, -0.2) is 52.0 Å². The first kappa shape index (κ1) is 24.6. The Labute approximate surface area is 171 Å². The molecule has 1 aliphatic rings. The summed E-state index contributed by atoms with van der Waals surface area (Å²) in [6, 6.07) is -0.552. The van der Waals surface area contributed by atoms with Crippen molar-refractivity contribution in [2.75, 3.05) is 6.54 Å². The molecule has 1 aliphatic carbocycles. The third-order valence-corrected chi connectivity index (χ3v) is 5.47. The summed E-state index contributed by atoms with van der Waals surface area (Å²) >= 11 is 0. The number of hydrogen-bond donors (Lipinski definition) is 4. The van der Waals surface area contributed by atoms with Gasteiger partial charge in [0.05, 0.1) is 6.04 Å². The highest BCUT2D eigenvalue weighted by Crippen LogP contribution is 2.29. The lowest BCUT2D eigenvalue weighted by molar-refractivity contribution is -0.140. The van der Waals surface area contributed by atoms with E-state index in [9.17, 15) is 24.3 Å². The van der Waals surface area contributed by atoms with E-state index in [0.29, 0.717) is 22.3 Å². The Bertz CT molecular complexity index is 783. The summed E-state index contributed by atoms with van der Waals surface area (Å²) in [5.74, 6) is -1.11. The van der Waals surface area contributed by atoms with E-state index in [2.05, 4.69) is 10.6 Å². The number of carbonyl (C=O) groups excluding carboxylic acids is 3. The Morgan fingerprint density at radius 3 is 1.97 bits per heavy atom. The highest BCUT2D eigenvalue weighted by atomic mass is 16.4. The molecule has 0 radical (unpaired) electrons. The molecule has 0 aromatic heterocycles. The average Bonchev–Trinajstić information content (AvgIpc) is 2.60. The number of hydrogen-bond acceptors (Lipinski definition) is 5. The van der Waals surface area contributed by atoms with E-state index in [1.165, 1.54) is 6.92 Å². The van der Waals surface area contributed by atoms with Gasteiger partial charge in [-0.2, -0.15) is 0 Å². The number of carboxylic acid groups (broad SMARTS) is 1. The second-order valence-corrected chi connectivity index (χ2v) is 8.86. The van der Waals surface area contributed by atoms with Crippen molar-refractivity contribution in [2.24, 2.45) is 5.41 Å². The van der Waals surface area contributed by atoms with E-state index in [0.717, 1.165) is 0 Å². The molecule has 8 heteroatoms. The molecule has 162 valence electrons. The van der Waals surface area contributed by atoms with E-state index in [1.807, 2.05) is 20.8 Å². The predicted octanol–water partition coefficient (Wildman–Crippen LogP) is 2.12. The maximum atomic E-state index is 12.7. The van der Waals surface area contributed by atoms with Gasteiger partial charge in [0.15, 0.2) is 11.6 Å². The van der Waals surface area contributed by atoms with Crippen molar-refractivity contribution in [1.82, 2.24) is 10.6 Å². The molecular formula is C21H32N2O6. The van der Waals surface area contributed by atoms with Crippen LogP contribution in [0.1, 0.15) is 61.3 Å². The minimum atomic E-state index is -1.80. The van der Waals surface area contributed by atoms with Crippen LogP contribution in [0.25, 0.3) is 0 Å². The second-order valence-electron chi connectivity index (χ2n) is 8.86. The van der Waals surface area contributed by atoms with E-state index >= 15 is 0 Å². The van der Waals surface area contributed by atoms with Gasteiger partial charge in [-0.05, 0) is 46.0 Å². The van der Waals surface area contributed by atoms with Crippen LogP contribution in [0.15, 0.2) is 22.3 Å². The quantitative estimate of drug-likeness (QED) is 0.477. The Morgan fingerprint density at radius 2 is 1.48 bits per heavy atom. The second kappa shape index (κ2) is 8.90. The van der Waals surface area contributed by atoms with Crippen LogP contribution in [0.2, 0.25) is 0 Å². The number of ketones is 2. The van der Waals surface area contributed by atoms with Crippen molar-refractivity contribution in [3.8, 4) is 0 Å². The number of carbonyl (C=O) groups is 4. The van der Waals surface area contributed by atoms with Crippen LogP contribution in [0.3, 0.4) is 0 Å². The maximum Gasteiger partial charge on any atom is 0.404 e. The summed E-state index contributed by atoms with van der Waals surface area (Å²) in [6.07, 6.45) is -1.18. The zero-order chi connectivity index (χ0) is 22.7. The van der Waals surface area contributed by atoms with Gasteiger partial charge in [-0.25, -0.2) is 4.79 Å². The van der Waals surface area contributed by atoms with E-state index in [4.69, 9.17) is 5.11 Å². The molecule has 0 fully saturated rings. The fourth-order valence-corrected chi connectivity index (χ4v) is 3.02.